The van der Waals surface area contributed by atoms with Gasteiger partial charge in [0.05, 0.1) is 30.4 Å². The van der Waals surface area contributed by atoms with Gasteiger partial charge in [-0.25, -0.2) is 13.4 Å². The Hall–Kier alpha value is -0.960. The summed E-state index contributed by atoms with van der Waals surface area (Å²) < 4.78 is 32.4. The fourth-order valence-corrected chi connectivity index (χ4v) is 5.03. The summed E-state index contributed by atoms with van der Waals surface area (Å²) in [6.45, 7) is 8.57. The van der Waals surface area contributed by atoms with E-state index in [9.17, 15) is 13.5 Å². The number of rotatable bonds is 7. The van der Waals surface area contributed by atoms with Gasteiger partial charge in [-0.3, -0.25) is 4.90 Å². The van der Waals surface area contributed by atoms with E-state index in [0.29, 0.717) is 26.2 Å². The van der Waals surface area contributed by atoms with Crippen molar-refractivity contribution in [2.45, 2.75) is 51.5 Å². The molecule has 8 heteroatoms. The van der Waals surface area contributed by atoms with Crippen LogP contribution in [0.4, 0.5) is 0 Å². The second-order valence-electron chi connectivity index (χ2n) is 7.67. The number of aromatic nitrogens is 2. The van der Waals surface area contributed by atoms with Crippen LogP contribution in [0.15, 0.2) is 11.4 Å². The molecular weight excluding hydrogens is 330 g/mol. The zero-order chi connectivity index (χ0) is 18.0. The molecule has 1 aromatic heterocycles. The Balaban J connectivity index is 2.27. The highest BCUT2D eigenvalue weighted by Crippen LogP contribution is 2.23. The smallest absolute Gasteiger partial charge is 0.227 e. The molecule has 138 valence electrons. The van der Waals surface area contributed by atoms with E-state index in [4.69, 9.17) is 4.74 Å². The summed E-state index contributed by atoms with van der Waals surface area (Å²) in [5.74, 6) is 0.0475. The molecule has 24 heavy (non-hydrogen) atoms. The minimum Gasteiger partial charge on any atom is -0.392 e. The van der Waals surface area contributed by atoms with Gasteiger partial charge in [-0.1, -0.05) is 20.8 Å². The molecule has 1 fully saturated rings. The number of ether oxygens (including phenoxy) is 1. The van der Waals surface area contributed by atoms with Crippen LogP contribution in [-0.2, 0) is 27.7 Å². The highest BCUT2D eigenvalue weighted by atomic mass is 32.2. The molecule has 1 saturated heterocycles. The molecule has 1 aliphatic rings. The zero-order valence-corrected chi connectivity index (χ0v) is 15.8. The highest BCUT2D eigenvalue weighted by Gasteiger charge is 2.29. The van der Waals surface area contributed by atoms with Crippen molar-refractivity contribution in [1.82, 2.24) is 14.5 Å². The monoisotopic (exact) mass is 359 g/mol. The van der Waals surface area contributed by atoms with Gasteiger partial charge in [0.15, 0.2) is 0 Å². The lowest BCUT2D eigenvalue weighted by atomic mass is 10.0. The molecule has 1 aliphatic heterocycles. The SMILES string of the molecule is COCCn1c(CN2CC[C@H](O)C2)cnc1S(=O)(=O)CC(C)(C)C. The number of methoxy groups -OCH3 is 1. The third-order valence-corrected chi connectivity index (χ3v) is 6.08. The van der Waals surface area contributed by atoms with Crippen molar-refractivity contribution < 1.29 is 18.3 Å². The van der Waals surface area contributed by atoms with Crippen LogP contribution in [0.1, 0.15) is 32.9 Å². The average molecular weight is 359 g/mol. The lowest BCUT2D eigenvalue weighted by molar-refractivity contribution is 0.170. The van der Waals surface area contributed by atoms with Crippen LogP contribution in [-0.4, -0.2) is 66.6 Å². The van der Waals surface area contributed by atoms with E-state index in [2.05, 4.69) is 9.88 Å². The third kappa shape index (κ3) is 5.02. The summed E-state index contributed by atoms with van der Waals surface area (Å²) in [6, 6.07) is 0. The summed E-state index contributed by atoms with van der Waals surface area (Å²) in [5.41, 5.74) is 0.504. The van der Waals surface area contributed by atoms with E-state index < -0.39 is 9.84 Å². The molecule has 0 radical (unpaired) electrons. The molecule has 2 rings (SSSR count). The maximum atomic E-state index is 12.8. The lowest BCUT2D eigenvalue weighted by Gasteiger charge is -2.20. The number of hydrogen-bond donors (Lipinski definition) is 1. The second-order valence-corrected chi connectivity index (χ2v) is 9.56. The van der Waals surface area contributed by atoms with E-state index in [1.54, 1.807) is 17.9 Å². The van der Waals surface area contributed by atoms with Crippen LogP contribution in [0.2, 0.25) is 0 Å². The predicted molar refractivity (Wildman–Crippen MR) is 91.5 cm³/mol. The van der Waals surface area contributed by atoms with Crippen molar-refractivity contribution in [3.63, 3.8) is 0 Å². The van der Waals surface area contributed by atoms with Gasteiger partial charge in [-0.2, -0.15) is 0 Å². The van der Waals surface area contributed by atoms with E-state index in [1.165, 1.54) is 0 Å². The summed E-state index contributed by atoms with van der Waals surface area (Å²) in [5, 5.41) is 9.79. The van der Waals surface area contributed by atoms with Crippen LogP contribution in [0.25, 0.3) is 0 Å². The zero-order valence-electron chi connectivity index (χ0n) is 15.0. The van der Waals surface area contributed by atoms with Crippen LogP contribution in [0, 0.1) is 5.41 Å². The van der Waals surface area contributed by atoms with E-state index >= 15 is 0 Å². The highest BCUT2D eigenvalue weighted by molar-refractivity contribution is 7.91. The Labute approximate surface area is 144 Å². The van der Waals surface area contributed by atoms with E-state index in [0.717, 1.165) is 18.7 Å². The first-order valence-electron chi connectivity index (χ1n) is 8.29. The molecule has 2 heterocycles. The summed E-state index contributed by atoms with van der Waals surface area (Å²) in [7, 11) is -1.88. The predicted octanol–water partition coefficient (Wildman–Crippen LogP) is 0.916. The topological polar surface area (TPSA) is 84.7 Å². The second kappa shape index (κ2) is 7.51. The maximum Gasteiger partial charge on any atom is 0.227 e. The lowest BCUT2D eigenvalue weighted by Crippen LogP contribution is -2.26. The fourth-order valence-electron chi connectivity index (χ4n) is 3.01. The van der Waals surface area contributed by atoms with Crippen molar-refractivity contribution in [1.29, 1.82) is 0 Å². The van der Waals surface area contributed by atoms with E-state index in [1.807, 2.05) is 20.8 Å². The number of nitrogens with zero attached hydrogens (tertiary/aromatic N) is 3. The molecular formula is C16H29N3O4S. The number of aliphatic hydroxyl groups is 1. The van der Waals surface area contributed by atoms with Crippen LogP contribution < -0.4 is 0 Å². The molecule has 1 aromatic rings. The Bertz CT molecular complexity index is 649. The van der Waals surface area contributed by atoms with E-state index in [-0.39, 0.29) is 22.4 Å². The molecule has 0 aliphatic carbocycles. The minimum absolute atomic E-state index is 0.0475. The van der Waals surface area contributed by atoms with Crippen molar-refractivity contribution in [3.05, 3.63) is 11.9 Å². The number of hydrogen-bond acceptors (Lipinski definition) is 6. The van der Waals surface area contributed by atoms with Crippen molar-refractivity contribution in [2.75, 3.05) is 32.6 Å². The average Bonchev–Trinajstić information content (AvgIpc) is 3.01. The number of imidazole rings is 1. The van der Waals surface area contributed by atoms with Gasteiger partial charge >= 0.3 is 0 Å². The number of likely N-dealkylation sites (tertiary alicyclic amines) is 1. The number of sulfone groups is 1. The third-order valence-electron chi connectivity index (χ3n) is 3.95. The number of aliphatic hydroxyl groups excluding tert-OH is 1. The van der Waals surface area contributed by atoms with Crippen molar-refractivity contribution in [3.8, 4) is 0 Å². The molecule has 7 nitrogen and oxygen atoms in total. The first-order valence-corrected chi connectivity index (χ1v) is 9.94. The van der Waals surface area contributed by atoms with Gasteiger partial charge in [0.2, 0.25) is 15.0 Å². The van der Waals surface area contributed by atoms with Gasteiger partial charge < -0.3 is 14.4 Å². The Morgan fingerprint density at radius 1 is 1.42 bits per heavy atom. The first-order chi connectivity index (χ1) is 11.1. The van der Waals surface area contributed by atoms with Crippen molar-refractivity contribution in [2.24, 2.45) is 5.41 Å². The summed E-state index contributed by atoms with van der Waals surface area (Å²) in [6.07, 6.45) is 2.08. The Kier molecular flexibility index (Phi) is 6.06. The molecule has 0 unspecified atom stereocenters. The summed E-state index contributed by atoms with van der Waals surface area (Å²) >= 11 is 0. The van der Waals surface area contributed by atoms with Gasteiger partial charge in [-0.05, 0) is 11.8 Å². The van der Waals surface area contributed by atoms with Gasteiger partial charge in [-0.15, -0.1) is 0 Å². The minimum atomic E-state index is -3.47. The standard InChI is InChI=1S/C16H29N3O4S/c1-16(2,3)12-24(21,22)15-17-9-13(19(15)7-8-23-4)10-18-6-5-14(20)11-18/h9,14,20H,5-8,10-12H2,1-4H3/t14-/m0/s1. The molecule has 1 N–H and O–H groups in total. The molecule has 0 bridgehead atoms. The van der Waals surface area contributed by atoms with Gasteiger partial charge in [0, 0.05) is 33.3 Å². The quantitative estimate of drug-likeness (QED) is 0.779. The maximum absolute atomic E-state index is 12.8. The molecule has 1 atom stereocenters. The number of β-amino-alcohol motifs (C(OH)–C–C–N with tert-alkyl or cyclic N) is 1. The van der Waals surface area contributed by atoms with Crippen molar-refractivity contribution >= 4 is 9.84 Å². The molecule has 0 saturated carbocycles. The normalized spacial score (nSPS) is 20.0. The molecule has 0 aromatic carbocycles. The first kappa shape index (κ1) is 19.4. The van der Waals surface area contributed by atoms with Gasteiger partial charge in [0.25, 0.3) is 0 Å². The molecule has 0 amide bonds. The summed E-state index contributed by atoms with van der Waals surface area (Å²) in [4.78, 5) is 6.33. The molecule has 0 spiro atoms. The van der Waals surface area contributed by atoms with Crippen LogP contribution >= 0.6 is 0 Å². The Morgan fingerprint density at radius 2 is 2.12 bits per heavy atom. The fraction of sp³-hybridized carbons (Fsp3) is 0.812. The van der Waals surface area contributed by atoms with Crippen LogP contribution in [0.5, 0.6) is 0 Å². The largest absolute Gasteiger partial charge is 0.392 e. The van der Waals surface area contributed by atoms with Crippen LogP contribution in [0.3, 0.4) is 0 Å². The Morgan fingerprint density at radius 3 is 2.67 bits per heavy atom. The van der Waals surface area contributed by atoms with Gasteiger partial charge in [0.1, 0.15) is 0 Å².